The molecule has 0 spiro atoms. The smallest absolute Gasteiger partial charge is 0.257 e. The second-order valence-corrected chi connectivity index (χ2v) is 6.91. The minimum absolute atomic E-state index is 0.214. The van der Waals surface area contributed by atoms with Crippen LogP contribution in [0.25, 0.3) is 11.3 Å². The fourth-order valence-electron chi connectivity index (χ4n) is 3.13. The average molecular weight is 394 g/mol. The summed E-state index contributed by atoms with van der Waals surface area (Å²) in [7, 11) is 0. The highest BCUT2D eigenvalue weighted by Crippen LogP contribution is 2.29. The molecule has 6 nitrogen and oxygen atoms in total. The molecule has 0 unspecified atom stereocenters. The van der Waals surface area contributed by atoms with Crippen LogP contribution in [0.1, 0.15) is 10.4 Å². The molecule has 0 saturated carbocycles. The Bertz CT molecular complexity index is 956. The number of hydrogen-bond acceptors (Lipinski definition) is 5. The standard InChI is InChI=1S/C21H20ClN5O/c22-18-6-5-16(13-17(18)19-3-1-2-8-24-19)26-21(28)15-4-7-20(25-14-15)27-11-9-23-10-12-27/h1-8,13-14,23H,9-12H2,(H,26,28). The molecule has 2 aromatic heterocycles. The molecule has 0 aliphatic carbocycles. The summed E-state index contributed by atoms with van der Waals surface area (Å²) in [5, 5.41) is 6.80. The Labute approximate surface area is 168 Å². The van der Waals surface area contributed by atoms with E-state index < -0.39 is 0 Å². The first-order chi connectivity index (χ1) is 13.7. The van der Waals surface area contributed by atoms with E-state index in [-0.39, 0.29) is 5.91 Å². The van der Waals surface area contributed by atoms with Gasteiger partial charge in [0.05, 0.1) is 16.3 Å². The third-order valence-electron chi connectivity index (χ3n) is 4.62. The SMILES string of the molecule is O=C(Nc1ccc(Cl)c(-c2ccccn2)c1)c1ccc(N2CCNCC2)nc1. The number of benzene rings is 1. The second-order valence-electron chi connectivity index (χ2n) is 6.51. The summed E-state index contributed by atoms with van der Waals surface area (Å²) in [5.41, 5.74) is 2.69. The molecule has 28 heavy (non-hydrogen) atoms. The summed E-state index contributed by atoms with van der Waals surface area (Å²) in [6.07, 6.45) is 3.32. The summed E-state index contributed by atoms with van der Waals surface area (Å²) in [6, 6.07) is 14.7. The van der Waals surface area contributed by atoms with Gasteiger partial charge in [-0.1, -0.05) is 17.7 Å². The van der Waals surface area contributed by atoms with E-state index in [1.807, 2.05) is 30.3 Å². The van der Waals surface area contributed by atoms with Crippen molar-refractivity contribution in [2.45, 2.75) is 0 Å². The van der Waals surface area contributed by atoms with Crippen molar-refractivity contribution in [3.63, 3.8) is 0 Å². The lowest BCUT2D eigenvalue weighted by Crippen LogP contribution is -2.43. The van der Waals surface area contributed by atoms with E-state index in [1.165, 1.54) is 0 Å². The van der Waals surface area contributed by atoms with Crippen LogP contribution >= 0.6 is 11.6 Å². The number of carbonyl (C=O) groups is 1. The van der Waals surface area contributed by atoms with Gasteiger partial charge in [0.25, 0.3) is 5.91 Å². The lowest BCUT2D eigenvalue weighted by atomic mass is 10.1. The number of rotatable bonds is 4. The zero-order valence-electron chi connectivity index (χ0n) is 15.2. The molecule has 1 aliphatic heterocycles. The minimum Gasteiger partial charge on any atom is -0.354 e. The molecule has 3 heterocycles. The molecule has 0 atom stereocenters. The zero-order chi connectivity index (χ0) is 19.3. The Morgan fingerprint density at radius 3 is 2.64 bits per heavy atom. The molecule has 1 saturated heterocycles. The van der Waals surface area contributed by atoms with E-state index in [0.29, 0.717) is 16.3 Å². The number of piperazine rings is 1. The topological polar surface area (TPSA) is 70.2 Å². The van der Waals surface area contributed by atoms with Crippen molar-refractivity contribution in [3.8, 4) is 11.3 Å². The summed E-state index contributed by atoms with van der Waals surface area (Å²) in [4.78, 5) is 23.6. The monoisotopic (exact) mass is 393 g/mol. The van der Waals surface area contributed by atoms with Gasteiger partial charge in [0.15, 0.2) is 0 Å². The minimum atomic E-state index is -0.214. The Morgan fingerprint density at radius 1 is 1.07 bits per heavy atom. The summed E-state index contributed by atoms with van der Waals surface area (Å²) in [6.45, 7) is 3.72. The van der Waals surface area contributed by atoms with Crippen molar-refractivity contribution in [1.29, 1.82) is 0 Å². The molecule has 3 aromatic rings. The van der Waals surface area contributed by atoms with Crippen LogP contribution in [-0.4, -0.2) is 42.1 Å². The van der Waals surface area contributed by atoms with Crippen molar-refractivity contribution in [3.05, 3.63) is 71.5 Å². The van der Waals surface area contributed by atoms with Crippen LogP contribution < -0.4 is 15.5 Å². The van der Waals surface area contributed by atoms with Crippen LogP contribution in [0.15, 0.2) is 60.9 Å². The summed E-state index contributed by atoms with van der Waals surface area (Å²) < 4.78 is 0. The van der Waals surface area contributed by atoms with E-state index in [1.54, 1.807) is 30.6 Å². The van der Waals surface area contributed by atoms with E-state index in [4.69, 9.17) is 11.6 Å². The fourth-order valence-corrected chi connectivity index (χ4v) is 3.34. The molecular weight excluding hydrogens is 374 g/mol. The predicted octanol–water partition coefficient (Wildman–Crippen LogP) is 3.46. The lowest BCUT2D eigenvalue weighted by molar-refractivity contribution is 0.102. The van der Waals surface area contributed by atoms with Crippen molar-refractivity contribution < 1.29 is 4.79 Å². The van der Waals surface area contributed by atoms with Crippen LogP contribution in [0.3, 0.4) is 0 Å². The third kappa shape index (κ3) is 4.13. The first-order valence-corrected chi connectivity index (χ1v) is 9.52. The van der Waals surface area contributed by atoms with Crippen molar-refractivity contribution in [2.75, 3.05) is 36.4 Å². The van der Waals surface area contributed by atoms with E-state index >= 15 is 0 Å². The van der Waals surface area contributed by atoms with Crippen molar-refractivity contribution in [1.82, 2.24) is 15.3 Å². The van der Waals surface area contributed by atoms with Crippen LogP contribution in [0, 0.1) is 0 Å². The van der Waals surface area contributed by atoms with Crippen molar-refractivity contribution >= 4 is 29.0 Å². The van der Waals surface area contributed by atoms with Gasteiger partial charge in [-0.05, 0) is 42.5 Å². The van der Waals surface area contributed by atoms with Gasteiger partial charge in [0.2, 0.25) is 0 Å². The highest BCUT2D eigenvalue weighted by molar-refractivity contribution is 6.33. The number of carbonyl (C=O) groups excluding carboxylic acids is 1. The van der Waals surface area contributed by atoms with Crippen LogP contribution in [0.2, 0.25) is 5.02 Å². The first-order valence-electron chi connectivity index (χ1n) is 9.15. The molecule has 2 N–H and O–H groups in total. The molecule has 0 radical (unpaired) electrons. The molecule has 0 bridgehead atoms. The van der Waals surface area contributed by atoms with Crippen LogP contribution in [0.5, 0.6) is 0 Å². The quantitative estimate of drug-likeness (QED) is 0.710. The lowest BCUT2D eigenvalue weighted by Gasteiger charge is -2.28. The number of aromatic nitrogens is 2. The Hall–Kier alpha value is -2.96. The zero-order valence-corrected chi connectivity index (χ0v) is 16.0. The average Bonchev–Trinajstić information content (AvgIpc) is 2.76. The number of nitrogens with zero attached hydrogens (tertiary/aromatic N) is 3. The van der Waals surface area contributed by atoms with Crippen LogP contribution in [0.4, 0.5) is 11.5 Å². The molecule has 142 valence electrons. The molecule has 1 fully saturated rings. The van der Waals surface area contributed by atoms with Crippen molar-refractivity contribution in [2.24, 2.45) is 0 Å². The van der Waals surface area contributed by atoms with Gasteiger partial charge in [-0.15, -0.1) is 0 Å². The fraction of sp³-hybridized carbons (Fsp3) is 0.190. The number of nitrogens with one attached hydrogen (secondary N) is 2. The maximum Gasteiger partial charge on any atom is 0.257 e. The normalized spacial score (nSPS) is 14.0. The molecule has 7 heteroatoms. The number of halogens is 1. The number of anilines is 2. The third-order valence-corrected chi connectivity index (χ3v) is 4.95. The molecule has 1 aromatic carbocycles. The number of amides is 1. The maximum atomic E-state index is 12.6. The summed E-state index contributed by atoms with van der Waals surface area (Å²) in [5.74, 6) is 0.677. The predicted molar refractivity (Wildman–Crippen MR) is 112 cm³/mol. The molecule has 1 amide bonds. The second kappa shape index (κ2) is 8.37. The van der Waals surface area contributed by atoms with Crippen LogP contribution in [-0.2, 0) is 0 Å². The van der Waals surface area contributed by atoms with E-state index in [0.717, 1.165) is 43.3 Å². The van der Waals surface area contributed by atoms with Gasteiger partial charge in [-0.3, -0.25) is 9.78 Å². The van der Waals surface area contributed by atoms with E-state index in [2.05, 4.69) is 25.5 Å². The van der Waals surface area contributed by atoms with E-state index in [9.17, 15) is 4.79 Å². The van der Waals surface area contributed by atoms with Gasteiger partial charge in [-0.25, -0.2) is 4.98 Å². The molecule has 1 aliphatic rings. The van der Waals surface area contributed by atoms with Gasteiger partial charge < -0.3 is 15.5 Å². The molecule has 4 rings (SSSR count). The highest BCUT2D eigenvalue weighted by atomic mass is 35.5. The Kier molecular flexibility index (Phi) is 5.50. The Balaban J connectivity index is 1.49. The number of pyridine rings is 2. The van der Waals surface area contributed by atoms with Gasteiger partial charge >= 0.3 is 0 Å². The van der Waals surface area contributed by atoms with Gasteiger partial charge in [-0.2, -0.15) is 0 Å². The first kappa shape index (κ1) is 18.4. The maximum absolute atomic E-state index is 12.6. The largest absolute Gasteiger partial charge is 0.354 e. The highest BCUT2D eigenvalue weighted by Gasteiger charge is 2.14. The molecular formula is C21H20ClN5O. The van der Waals surface area contributed by atoms with Gasteiger partial charge in [0, 0.05) is 49.8 Å². The van der Waals surface area contributed by atoms with Gasteiger partial charge in [0.1, 0.15) is 5.82 Å². The summed E-state index contributed by atoms with van der Waals surface area (Å²) >= 11 is 6.30. The Morgan fingerprint density at radius 2 is 1.93 bits per heavy atom. The number of hydrogen-bond donors (Lipinski definition) is 2.